The summed E-state index contributed by atoms with van der Waals surface area (Å²) in [7, 11) is 0. The smallest absolute Gasteiger partial charge is 0.124 e. The number of hydrogen-bond donors (Lipinski definition) is 1. The third-order valence-electron chi connectivity index (χ3n) is 5.06. The van der Waals surface area contributed by atoms with E-state index in [0.29, 0.717) is 11.0 Å². The van der Waals surface area contributed by atoms with Gasteiger partial charge >= 0.3 is 0 Å². The summed E-state index contributed by atoms with van der Waals surface area (Å²) in [5.74, 6) is -0.260. The minimum Gasteiger partial charge on any atom is -0.389 e. The molecule has 2 rings (SSSR count). The van der Waals surface area contributed by atoms with Crippen LogP contribution in [0.3, 0.4) is 0 Å². The molecule has 0 spiro atoms. The molecule has 0 aliphatic carbocycles. The maximum atomic E-state index is 13.6. The molecule has 1 aromatic rings. The summed E-state index contributed by atoms with van der Waals surface area (Å²) in [6.45, 7) is 7.53. The van der Waals surface area contributed by atoms with E-state index in [1.807, 2.05) is 6.07 Å². The highest BCUT2D eigenvalue weighted by Crippen LogP contribution is 2.38. The van der Waals surface area contributed by atoms with E-state index in [0.717, 1.165) is 25.2 Å². The Balaban J connectivity index is 2.02. The highest BCUT2D eigenvalue weighted by atomic mass is 32.1. The van der Waals surface area contributed by atoms with Gasteiger partial charge in [0.15, 0.2) is 0 Å². The molecule has 0 radical (unpaired) electrons. The van der Waals surface area contributed by atoms with Crippen molar-refractivity contribution in [3.05, 3.63) is 35.1 Å². The van der Waals surface area contributed by atoms with Gasteiger partial charge < -0.3 is 5.73 Å². The Hall–Kier alpha value is -1.00. The number of likely N-dealkylation sites (tertiary alicyclic amines) is 1. The van der Waals surface area contributed by atoms with Crippen LogP contribution in [0.1, 0.15) is 50.7 Å². The van der Waals surface area contributed by atoms with Gasteiger partial charge in [-0.25, -0.2) is 4.39 Å². The lowest BCUT2D eigenvalue weighted by Crippen LogP contribution is -2.39. The first kappa shape index (κ1) is 16.4. The molecule has 0 amide bonds. The van der Waals surface area contributed by atoms with Gasteiger partial charge in [0.05, 0.1) is 0 Å². The number of rotatable bonds is 5. The summed E-state index contributed by atoms with van der Waals surface area (Å²) >= 11 is 4.94. The predicted molar refractivity (Wildman–Crippen MR) is 89.8 cm³/mol. The molecule has 1 aliphatic heterocycles. The van der Waals surface area contributed by atoms with Gasteiger partial charge in [-0.2, -0.15) is 0 Å². The summed E-state index contributed by atoms with van der Waals surface area (Å²) in [6.07, 6.45) is 4.97. The van der Waals surface area contributed by atoms with E-state index in [-0.39, 0.29) is 10.8 Å². The van der Waals surface area contributed by atoms with Crippen molar-refractivity contribution in [2.45, 2.75) is 46.1 Å². The quantitative estimate of drug-likeness (QED) is 0.838. The molecule has 1 heterocycles. The molecule has 116 valence electrons. The largest absolute Gasteiger partial charge is 0.389 e. The van der Waals surface area contributed by atoms with Crippen LogP contribution in [0.15, 0.2) is 18.2 Å². The number of benzene rings is 1. The molecule has 21 heavy (non-hydrogen) atoms. The molecule has 1 saturated heterocycles. The summed E-state index contributed by atoms with van der Waals surface area (Å²) < 4.78 is 13.6. The van der Waals surface area contributed by atoms with Crippen molar-refractivity contribution < 1.29 is 4.39 Å². The molecular formula is C17H25FN2S. The van der Waals surface area contributed by atoms with Gasteiger partial charge in [-0.05, 0) is 55.1 Å². The van der Waals surface area contributed by atoms with Crippen molar-refractivity contribution in [2.75, 3.05) is 13.1 Å². The first-order valence-electron chi connectivity index (χ1n) is 7.79. The van der Waals surface area contributed by atoms with Crippen LogP contribution < -0.4 is 5.73 Å². The van der Waals surface area contributed by atoms with E-state index in [1.165, 1.54) is 31.7 Å². The Bertz CT molecular complexity index is 502. The van der Waals surface area contributed by atoms with E-state index < -0.39 is 0 Å². The van der Waals surface area contributed by atoms with Crippen LogP contribution in [0.4, 0.5) is 4.39 Å². The number of hydrogen-bond acceptors (Lipinski definition) is 2. The molecule has 1 aromatic carbocycles. The van der Waals surface area contributed by atoms with Crippen molar-refractivity contribution in [3.63, 3.8) is 0 Å². The predicted octanol–water partition coefficient (Wildman–Crippen LogP) is 3.86. The third kappa shape index (κ3) is 4.01. The summed E-state index contributed by atoms with van der Waals surface area (Å²) in [4.78, 5) is 2.66. The molecule has 1 aliphatic rings. The van der Waals surface area contributed by atoms with E-state index in [1.54, 1.807) is 6.07 Å². The summed E-state index contributed by atoms with van der Waals surface area (Å²) in [5, 5.41) is 0. The second-order valence-corrected chi connectivity index (χ2v) is 6.64. The average Bonchev–Trinajstić information content (AvgIpc) is 2.48. The molecule has 0 unspecified atom stereocenters. The standard InChI is InChI=1S/C17H25FN2S/c1-3-17(4-2)5-7-20(8-6-17)12-13-9-14(16(19)21)11-15(18)10-13/h9-11H,3-8,12H2,1-2H3,(H2,19,21). The lowest BCUT2D eigenvalue weighted by Gasteiger charge is -2.41. The zero-order chi connectivity index (χ0) is 15.5. The van der Waals surface area contributed by atoms with Gasteiger partial charge in [0.25, 0.3) is 0 Å². The van der Waals surface area contributed by atoms with Gasteiger partial charge in [-0.15, -0.1) is 0 Å². The molecule has 0 saturated carbocycles. The van der Waals surface area contributed by atoms with Crippen LogP contribution in [0.5, 0.6) is 0 Å². The van der Waals surface area contributed by atoms with Crippen molar-refractivity contribution in [3.8, 4) is 0 Å². The Morgan fingerprint density at radius 3 is 2.38 bits per heavy atom. The van der Waals surface area contributed by atoms with Crippen LogP contribution in [0.2, 0.25) is 0 Å². The molecular weight excluding hydrogens is 283 g/mol. The fraction of sp³-hybridized carbons (Fsp3) is 0.588. The third-order valence-corrected chi connectivity index (χ3v) is 5.30. The Morgan fingerprint density at radius 2 is 1.86 bits per heavy atom. The Kier molecular flexibility index (Phi) is 5.33. The van der Waals surface area contributed by atoms with Crippen molar-refractivity contribution in [2.24, 2.45) is 11.1 Å². The molecule has 0 aromatic heterocycles. The summed E-state index contributed by atoms with van der Waals surface area (Å²) in [5.41, 5.74) is 7.70. The number of nitrogens with zero attached hydrogens (tertiary/aromatic N) is 1. The zero-order valence-electron chi connectivity index (χ0n) is 13.0. The van der Waals surface area contributed by atoms with E-state index in [2.05, 4.69) is 18.7 Å². The van der Waals surface area contributed by atoms with Crippen LogP contribution >= 0.6 is 12.2 Å². The SMILES string of the molecule is CCC1(CC)CCN(Cc2cc(F)cc(C(N)=S)c2)CC1. The monoisotopic (exact) mass is 308 g/mol. The number of thiocarbonyl (C=S) groups is 1. The van der Waals surface area contributed by atoms with Gasteiger partial charge in [0, 0.05) is 12.1 Å². The minimum atomic E-state index is -0.260. The van der Waals surface area contributed by atoms with Crippen LogP contribution in [-0.2, 0) is 6.54 Å². The van der Waals surface area contributed by atoms with Crippen molar-refractivity contribution in [1.29, 1.82) is 0 Å². The fourth-order valence-electron chi connectivity index (χ4n) is 3.28. The topological polar surface area (TPSA) is 29.3 Å². The normalized spacial score (nSPS) is 18.6. The highest BCUT2D eigenvalue weighted by molar-refractivity contribution is 7.80. The van der Waals surface area contributed by atoms with Crippen LogP contribution in [0.25, 0.3) is 0 Å². The Morgan fingerprint density at radius 1 is 1.24 bits per heavy atom. The lowest BCUT2D eigenvalue weighted by molar-refractivity contribution is 0.0908. The molecule has 2 N–H and O–H groups in total. The van der Waals surface area contributed by atoms with Gasteiger partial charge in [-0.3, -0.25) is 4.90 Å². The number of piperidine rings is 1. The fourth-order valence-corrected chi connectivity index (χ4v) is 3.40. The number of nitrogens with two attached hydrogens (primary N) is 1. The van der Waals surface area contributed by atoms with E-state index in [9.17, 15) is 4.39 Å². The molecule has 0 bridgehead atoms. The van der Waals surface area contributed by atoms with Gasteiger partial charge in [0.2, 0.25) is 0 Å². The molecule has 0 atom stereocenters. The average molecular weight is 308 g/mol. The van der Waals surface area contributed by atoms with Crippen molar-refractivity contribution >= 4 is 17.2 Å². The van der Waals surface area contributed by atoms with Crippen LogP contribution in [0, 0.1) is 11.2 Å². The minimum absolute atomic E-state index is 0.255. The van der Waals surface area contributed by atoms with Crippen molar-refractivity contribution in [1.82, 2.24) is 4.90 Å². The lowest BCUT2D eigenvalue weighted by atomic mass is 9.74. The van der Waals surface area contributed by atoms with Gasteiger partial charge in [0.1, 0.15) is 10.8 Å². The Labute approximate surface area is 132 Å². The first-order chi connectivity index (χ1) is 9.98. The molecule has 2 nitrogen and oxygen atoms in total. The maximum absolute atomic E-state index is 13.6. The molecule has 1 fully saturated rings. The zero-order valence-corrected chi connectivity index (χ0v) is 13.8. The second kappa shape index (κ2) is 6.84. The number of halogens is 1. The molecule has 4 heteroatoms. The first-order valence-corrected chi connectivity index (χ1v) is 8.20. The summed E-state index contributed by atoms with van der Waals surface area (Å²) in [6, 6.07) is 4.90. The van der Waals surface area contributed by atoms with Gasteiger partial charge in [-0.1, -0.05) is 38.9 Å². The van der Waals surface area contributed by atoms with Crippen LogP contribution in [-0.4, -0.2) is 23.0 Å². The van der Waals surface area contributed by atoms with E-state index >= 15 is 0 Å². The second-order valence-electron chi connectivity index (χ2n) is 6.20. The highest BCUT2D eigenvalue weighted by Gasteiger charge is 2.31. The maximum Gasteiger partial charge on any atom is 0.124 e. The van der Waals surface area contributed by atoms with E-state index in [4.69, 9.17) is 18.0 Å².